The highest BCUT2D eigenvalue weighted by Crippen LogP contribution is 2.24. The first-order valence-corrected chi connectivity index (χ1v) is 9.16. The fourth-order valence-electron chi connectivity index (χ4n) is 3.53. The third-order valence-corrected chi connectivity index (χ3v) is 5.08. The molecule has 25 heavy (non-hydrogen) atoms. The summed E-state index contributed by atoms with van der Waals surface area (Å²) >= 11 is 0. The maximum absolute atomic E-state index is 12.7. The lowest BCUT2D eigenvalue weighted by Crippen LogP contribution is -2.35. The van der Waals surface area contributed by atoms with Crippen molar-refractivity contribution in [2.45, 2.75) is 13.3 Å². The zero-order valence-corrected chi connectivity index (χ0v) is 16.1. The smallest absolute Gasteiger partial charge is 0.227 e. The summed E-state index contributed by atoms with van der Waals surface area (Å²) in [5.74, 6) is 0.699. The molecule has 1 N–H and O–H groups in total. The van der Waals surface area contributed by atoms with Gasteiger partial charge in [-0.1, -0.05) is 29.8 Å². The Labute approximate surface area is 152 Å². The first-order chi connectivity index (χ1) is 11.9. The molecule has 140 valence electrons. The number of likely N-dealkylation sites (tertiary alicyclic amines) is 1. The van der Waals surface area contributed by atoms with Gasteiger partial charge in [0.2, 0.25) is 5.91 Å². The van der Waals surface area contributed by atoms with E-state index in [0.717, 1.165) is 31.7 Å². The van der Waals surface area contributed by atoms with E-state index in [1.807, 2.05) is 30.0 Å². The van der Waals surface area contributed by atoms with Gasteiger partial charge in [-0.25, -0.2) is 0 Å². The molecule has 0 bridgehead atoms. The number of amides is 1. The summed E-state index contributed by atoms with van der Waals surface area (Å²) in [6.45, 7) is 6.57. The highest BCUT2D eigenvalue weighted by molar-refractivity contribution is 5.79. The van der Waals surface area contributed by atoms with Gasteiger partial charge in [0, 0.05) is 45.2 Å². The molecule has 1 aliphatic heterocycles. The molecule has 1 saturated heterocycles. The molecule has 2 rings (SSSR count). The van der Waals surface area contributed by atoms with Gasteiger partial charge in [0.25, 0.3) is 0 Å². The van der Waals surface area contributed by atoms with E-state index >= 15 is 0 Å². The molecule has 1 heterocycles. The van der Waals surface area contributed by atoms with Crippen LogP contribution in [0.1, 0.15) is 11.1 Å². The second-order valence-corrected chi connectivity index (χ2v) is 7.73. The zero-order chi connectivity index (χ0) is 18.4. The van der Waals surface area contributed by atoms with Crippen molar-refractivity contribution in [1.29, 1.82) is 0 Å². The number of aliphatic hydroxyl groups is 1. The number of aliphatic hydroxyl groups excluding tert-OH is 1. The summed E-state index contributed by atoms with van der Waals surface area (Å²) in [7, 11) is 6.27. The van der Waals surface area contributed by atoms with Crippen molar-refractivity contribution >= 4 is 5.91 Å². The normalized spacial score (nSPS) is 20.7. The van der Waals surface area contributed by atoms with E-state index in [0.29, 0.717) is 18.9 Å². The minimum atomic E-state index is 0.153. The molecule has 1 aromatic rings. The Morgan fingerprint density at radius 3 is 2.56 bits per heavy atom. The quantitative estimate of drug-likeness (QED) is 0.765. The van der Waals surface area contributed by atoms with Crippen LogP contribution < -0.4 is 0 Å². The molecular weight excluding hydrogens is 314 g/mol. The molecule has 0 aliphatic carbocycles. The molecule has 0 aromatic heterocycles. The number of carbonyl (C=O) groups excluding carboxylic acids is 1. The molecule has 0 radical (unpaired) electrons. The van der Waals surface area contributed by atoms with Gasteiger partial charge >= 0.3 is 0 Å². The Kier molecular flexibility index (Phi) is 7.41. The summed E-state index contributed by atoms with van der Waals surface area (Å²) in [4.78, 5) is 19.1. The summed E-state index contributed by atoms with van der Waals surface area (Å²) in [5, 5.41) is 9.73. The molecule has 0 spiro atoms. The van der Waals surface area contributed by atoms with Crippen molar-refractivity contribution < 1.29 is 9.90 Å². The van der Waals surface area contributed by atoms with Gasteiger partial charge in [-0.2, -0.15) is 0 Å². The van der Waals surface area contributed by atoms with E-state index in [9.17, 15) is 9.90 Å². The summed E-state index contributed by atoms with van der Waals surface area (Å²) < 4.78 is 0. The number of likely N-dealkylation sites (N-methyl/N-ethyl adjacent to an activating group) is 2. The lowest BCUT2D eigenvalue weighted by molar-refractivity contribution is -0.129. The minimum Gasteiger partial charge on any atom is -0.396 e. The Balaban J connectivity index is 1.89. The lowest BCUT2D eigenvalue weighted by atomic mass is 9.96. The van der Waals surface area contributed by atoms with Gasteiger partial charge in [0.15, 0.2) is 0 Å². The van der Waals surface area contributed by atoms with Gasteiger partial charge in [-0.05, 0) is 39.5 Å². The van der Waals surface area contributed by atoms with E-state index in [4.69, 9.17) is 0 Å². The van der Waals surface area contributed by atoms with Crippen LogP contribution in [0, 0.1) is 18.8 Å². The van der Waals surface area contributed by atoms with Crippen LogP contribution in [0.15, 0.2) is 24.3 Å². The van der Waals surface area contributed by atoms with Crippen LogP contribution in [0.3, 0.4) is 0 Å². The van der Waals surface area contributed by atoms with Crippen molar-refractivity contribution in [1.82, 2.24) is 14.7 Å². The van der Waals surface area contributed by atoms with Crippen LogP contribution in [-0.4, -0.2) is 86.2 Å². The number of nitrogens with zero attached hydrogens (tertiary/aromatic N) is 3. The number of hydrogen-bond acceptors (Lipinski definition) is 4. The van der Waals surface area contributed by atoms with E-state index in [2.05, 4.69) is 37.0 Å². The van der Waals surface area contributed by atoms with E-state index in [-0.39, 0.29) is 18.4 Å². The van der Waals surface area contributed by atoms with Crippen molar-refractivity contribution in [3.8, 4) is 0 Å². The second-order valence-electron chi connectivity index (χ2n) is 7.73. The minimum absolute atomic E-state index is 0.153. The van der Waals surface area contributed by atoms with E-state index in [1.165, 1.54) is 5.56 Å². The van der Waals surface area contributed by atoms with E-state index in [1.54, 1.807) is 0 Å². The zero-order valence-electron chi connectivity index (χ0n) is 16.1. The van der Waals surface area contributed by atoms with Crippen molar-refractivity contribution in [2.75, 3.05) is 60.5 Å². The van der Waals surface area contributed by atoms with Gasteiger partial charge in [0.1, 0.15) is 0 Å². The molecule has 1 aromatic carbocycles. The topological polar surface area (TPSA) is 47.0 Å². The van der Waals surface area contributed by atoms with Crippen LogP contribution in [0.2, 0.25) is 0 Å². The van der Waals surface area contributed by atoms with Crippen LogP contribution >= 0.6 is 0 Å². The number of hydrogen-bond donors (Lipinski definition) is 1. The molecule has 5 heteroatoms. The maximum Gasteiger partial charge on any atom is 0.227 e. The highest BCUT2D eigenvalue weighted by atomic mass is 16.3. The van der Waals surface area contributed by atoms with E-state index < -0.39 is 0 Å². The predicted octanol–water partition coefficient (Wildman–Crippen LogP) is 1.10. The van der Waals surface area contributed by atoms with Gasteiger partial charge in [-0.3, -0.25) is 4.79 Å². The van der Waals surface area contributed by atoms with Crippen molar-refractivity contribution in [3.05, 3.63) is 35.4 Å². The first kappa shape index (κ1) is 19.9. The Morgan fingerprint density at radius 2 is 1.92 bits per heavy atom. The summed E-state index contributed by atoms with van der Waals surface area (Å²) in [6, 6.07) is 8.13. The molecule has 1 fully saturated rings. The molecule has 1 amide bonds. The standard InChI is InChI=1S/C20H33N3O2/c1-16-6-5-7-17(10-16)11-20(25)23-13-18(19(14-23)15-24)12-22(4)9-8-21(2)3/h5-7,10,18-19,24H,8-9,11-15H2,1-4H3/t18-,19-/m1/s1. The maximum atomic E-state index is 12.7. The first-order valence-electron chi connectivity index (χ1n) is 9.16. The van der Waals surface area contributed by atoms with Crippen molar-refractivity contribution in [2.24, 2.45) is 11.8 Å². The Morgan fingerprint density at radius 1 is 1.20 bits per heavy atom. The molecule has 0 saturated carbocycles. The molecule has 5 nitrogen and oxygen atoms in total. The average Bonchev–Trinajstić information content (AvgIpc) is 2.96. The summed E-state index contributed by atoms with van der Waals surface area (Å²) in [6.07, 6.45) is 0.447. The van der Waals surface area contributed by atoms with Crippen LogP contribution in [0.4, 0.5) is 0 Å². The number of rotatable bonds is 8. The number of aryl methyl sites for hydroxylation is 1. The second kappa shape index (κ2) is 9.32. The largest absolute Gasteiger partial charge is 0.396 e. The fourth-order valence-corrected chi connectivity index (χ4v) is 3.53. The lowest BCUT2D eigenvalue weighted by Gasteiger charge is -2.25. The predicted molar refractivity (Wildman–Crippen MR) is 102 cm³/mol. The SMILES string of the molecule is Cc1cccc(CC(=O)N2C[C@@H](CN(C)CCN(C)C)[C@@H](CO)C2)c1. The molecule has 1 aliphatic rings. The van der Waals surface area contributed by atoms with Gasteiger partial charge in [-0.15, -0.1) is 0 Å². The number of benzene rings is 1. The third kappa shape index (κ3) is 6.10. The molecule has 0 unspecified atom stereocenters. The Hall–Kier alpha value is -1.43. The third-order valence-electron chi connectivity index (χ3n) is 5.08. The van der Waals surface area contributed by atoms with Crippen molar-refractivity contribution in [3.63, 3.8) is 0 Å². The average molecular weight is 348 g/mol. The Bertz CT molecular complexity index is 562. The fraction of sp³-hybridized carbons (Fsp3) is 0.650. The number of carbonyl (C=O) groups is 1. The monoisotopic (exact) mass is 347 g/mol. The molecular formula is C20H33N3O2. The van der Waals surface area contributed by atoms with Gasteiger partial charge in [0.05, 0.1) is 6.42 Å². The van der Waals surface area contributed by atoms with Gasteiger partial charge < -0.3 is 19.8 Å². The van der Waals surface area contributed by atoms with Crippen LogP contribution in [-0.2, 0) is 11.2 Å². The molecule has 2 atom stereocenters. The summed E-state index contributed by atoms with van der Waals surface area (Å²) in [5.41, 5.74) is 2.25. The highest BCUT2D eigenvalue weighted by Gasteiger charge is 2.35. The van der Waals surface area contributed by atoms with Crippen LogP contribution in [0.5, 0.6) is 0 Å². The van der Waals surface area contributed by atoms with Crippen LogP contribution in [0.25, 0.3) is 0 Å².